The zero-order chi connectivity index (χ0) is 17.6. The molecule has 0 fully saturated rings. The van der Waals surface area contributed by atoms with Crippen molar-refractivity contribution >= 4 is 28.4 Å². The number of nitrogens with one attached hydrogen (secondary N) is 2. The zero-order valence-corrected chi connectivity index (χ0v) is 13.5. The van der Waals surface area contributed by atoms with E-state index in [-0.39, 0.29) is 19.7 Å². The van der Waals surface area contributed by atoms with Gasteiger partial charge in [-0.25, -0.2) is 0 Å². The molecule has 3 aromatic rings. The maximum atomic E-state index is 12.4. The minimum absolute atomic E-state index is 0.0841. The average molecular weight is 338 g/mol. The highest BCUT2D eigenvalue weighted by atomic mass is 16.3. The Morgan fingerprint density at radius 2 is 1.96 bits per heavy atom. The number of benzene rings is 2. The first kappa shape index (κ1) is 16.7. The van der Waals surface area contributed by atoms with Gasteiger partial charge in [-0.15, -0.1) is 0 Å². The largest absolute Gasteiger partial charge is 0.395 e. The number of hydrogen-bond acceptors (Lipinski definition) is 4. The molecule has 7 nitrogen and oxygen atoms in total. The summed E-state index contributed by atoms with van der Waals surface area (Å²) in [5.41, 5.74) is 2.15. The predicted octanol–water partition coefficient (Wildman–Crippen LogP) is 1.52. The van der Waals surface area contributed by atoms with Crippen LogP contribution in [0.5, 0.6) is 0 Å². The lowest BCUT2D eigenvalue weighted by atomic mass is 10.2. The van der Waals surface area contributed by atoms with E-state index in [0.717, 1.165) is 16.5 Å². The lowest BCUT2D eigenvalue weighted by molar-refractivity contribution is -0.143. The highest BCUT2D eigenvalue weighted by molar-refractivity contribution is 6.39. The molecule has 128 valence electrons. The molecule has 0 radical (unpaired) electrons. The number of amides is 2. The third-order valence-corrected chi connectivity index (χ3v) is 3.77. The van der Waals surface area contributed by atoms with Gasteiger partial charge < -0.3 is 15.3 Å². The van der Waals surface area contributed by atoms with Crippen LogP contribution in [-0.4, -0.2) is 45.2 Å². The highest BCUT2D eigenvalue weighted by Gasteiger charge is 2.22. The molecule has 1 aromatic heterocycles. The molecule has 0 aliphatic carbocycles. The van der Waals surface area contributed by atoms with Crippen LogP contribution in [0.2, 0.25) is 0 Å². The Morgan fingerprint density at radius 3 is 2.72 bits per heavy atom. The van der Waals surface area contributed by atoms with Gasteiger partial charge in [0.2, 0.25) is 0 Å². The van der Waals surface area contributed by atoms with Crippen molar-refractivity contribution in [2.24, 2.45) is 0 Å². The molecule has 3 N–H and O–H groups in total. The average Bonchev–Trinajstić information content (AvgIpc) is 3.09. The molecule has 0 saturated carbocycles. The second-order valence-electron chi connectivity index (χ2n) is 5.56. The third kappa shape index (κ3) is 4.02. The predicted molar refractivity (Wildman–Crippen MR) is 93.7 cm³/mol. The van der Waals surface area contributed by atoms with E-state index in [0.29, 0.717) is 5.69 Å². The van der Waals surface area contributed by atoms with Crippen molar-refractivity contribution in [3.63, 3.8) is 0 Å². The Kier molecular flexibility index (Phi) is 5.06. The van der Waals surface area contributed by atoms with Crippen LogP contribution in [0.15, 0.2) is 54.7 Å². The molecule has 0 aliphatic rings. The number of aliphatic hydroxyl groups is 1. The molecule has 2 aromatic carbocycles. The van der Waals surface area contributed by atoms with E-state index < -0.39 is 11.8 Å². The summed E-state index contributed by atoms with van der Waals surface area (Å²) < 4.78 is 0. The normalized spacial score (nSPS) is 10.6. The van der Waals surface area contributed by atoms with Gasteiger partial charge in [0, 0.05) is 24.2 Å². The summed E-state index contributed by atoms with van der Waals surface area (Å²) in [7, 11) is 0. The topological polar surface area (TPSA) is 98.3 Å². The van der Waals surface area contributed by atoms with Crippen LogP contribution in [0.3, 0.4) is 0 Å². The van der Waals surface area contributed by atoms with E-state index in [4.69, 9.17) is 0 Å². The smallest absolute Gasteiger partial charge is 0.313 e. The first-order valence-corrected chi connectivity index (χ1v) is 7.85. The van der Waals surface area contributed by atoms with Gasteiger partial charge in [0.25, 0.3) is 0 Å². The number of H-pyrrole nitrogens is 1. The molecular formula is C18H18N4O3. The van der Waals surface area contributed by atoms with Gasteiger partial charge in [-0.1, -0.05) is 30.3 Å². The number of fused-ring (bicyclic) bond motifs is 1. The van der Waals surface area contributed by atoms with Crippen molar-refractivity contribution in [2.75, 3.05) is 18.5 Å². The monoisotopic (exact) mass is 338 g/mol. The Morgan fingerprint density at radius 1 is 1.16 bits per heavy atom. The second kappa shape index (κ2) is 7.59. The van der Waals surface area contributed by atoms with Crippen molar-refractivity contribution < 1.29 is 14.7 Å². The summed E-state index contributed by atoms with van der Waals surface area (Å²) in [6.45, 7) is 0.125. The van der Waals surface area contributed by atoms with Gasteiger partial charge in [0.05, 0.1) is 18.3 Å². The minimum atomic E-state index is -0.747. The maximum Gasteiger partial charge on any atom is 0.313 e. The van der Waals surface area contributed by atoms with Crippen LogP contribution in [0.25, 0.3) is 10.9 Å². The van der Waals surface area contributed by atoms with Crippen LogP contribution < -0.4 is 5.32 Å². The Balaban J connectivity index is 1.70. The number of anilines is 1. The third-order valence-electron chi connectivity index (χ3n) is 3.77. The molecule has 0 spiro atoms. The number of carbonyl (C=O) groups excluding carboxylic acids is 2. The van der Waals surface area contributed by atoms with Gasteiger partial charge in [0.1, 0.15) is 0 Å². The first-order valence-electron chi connectivity index (χ1n) is 7.85. The summed E-state index contributed by atoms with van der Waals surface area (Å²) in [5.74, 6) is -1.44. The van der Waals surface area contributed by atoms with E-state index in [1.54, 1.807) is 24.4 Å². The molecule has 2 amide bonds. The fraction of sp³-hybridized carbons (Fsp3) is 0.167. The highest BCUT2D eigenvalue weighted by Crippen LogP contribution is 2.16. The van der Waals surface area contributed by atoms with Crippen molar-refractivity contribution in [1.82, 2.24) is 15.1 Å². The number of carbonyl (C=O) groups is 2. The van der Waals surface area contributed by atoms with Gasteiger partial charge in [-0.3, -0.25) is 14.7 Å². The lowest BCUT2D eigenvalue weighted by Gasteiger charge is -2.21. The van der Waals surface area contributed by atoms with Gasteiger partial charge in [0.15, 0.2) is 0 Å². The Labute approximate surface area is 144 Å². The van der Waals surface area contributed by atoms with E-state index in [1.165, 1.54) is 4.90 Å². The second-order valence-corrected chi connectivity index (χ2v) is 5.56. The summed E-state index contributed by atoms with van der Waals surface area (Å²) in [6.07, 6.45) is 1.68. The molecule has 0 aliphatic heterocycles. The molecule has 0 atom stereocenters. The standard InChI is InChI=1S/C18H18N4O3/c23-9-8-22(12-13-4-2-1-3-5-13)18(25)17(24)20-15-7-6-14-11-19-21-16(14)10-15/h1-7,10-11,23H,8-9,12H2,(H,19,21)(H,20,24). The Hall–Kier alpha value is -3.19. The van der Waals surface area contributed by atoms with Crippen LogP contribution in [0.4, 0.5) is 5.69 Å². The van der Waals surface area contributed by atoms with Crippen LogP contribution in [-0.2, 0) is 16.1 Å². The number of nitrogens with zero attached hydrogens (tertiary/aromatic N) is 2. The number of rotatable bonds is 5. The van der Waals surface area contributed by atoms with Gasteiger partial charge in [-0.05, 0) is 23.8 Å². The molecule has 3 rings (SSSR count). The molecular weight excluding hydrogens is 320 g/mol. The Bertz CT molecular complexity index is 876. The van der Waals surface area contributed by atoms with Crippen molar-refractivity contribution in [3.8, 4) is 0 Å². The molecule has 0 saturated heterocycles. The summed E-state index contributed by atoms with van der Waals surface area (Å²) in [5, 5.41) is 19.4. The van der Waals surface area contributed by atoms with E-state index in [2.05, 4.69) is 15.5 Å². The molecule has 1 heterocycles. The first-order chi connectivity index (χ1) is 12.2. The van der Waals surface area contributed by atoms with Crippen LogP contribution in [0.1, 0.15) is 5.56 Å². The van der Waals surface area contributed by atoms with Crippen molar-refractivity contribution in [1.29, 1.82) is 0 Å². The number of aliphatic hydroxyl groups excluding tert-OH is 1. The molecule has 25 heavy (non-hydrogen) atoms. The van der Waals surface area contributed by atoms with Gasteiger partial charge >= 0.3 is 11.8 Å². The quantitative estimate of drug-likeness (QED) is 0.614. The van der Waals surface area contributed by atoms with Crippen LogP contribution >= 0.6 is 0 Å². The zero-order valence-electron chi connectivity index (χ0n) is 13.5. The molecule has 0 unspecified atom stereocenters. The fourth-order valence-corrected chi connectivity index (χ4v) is 2.52. The number of aromatic nitrogens is 2. The van der Waals surface area contributed by atoms with Gasteiger partial charge in [-0.2, -0.15) is 5.10 Å². The minimum Gasteiger partial charge on any atom is -0.395 e. The fourth-order valence-electron chi connectivity index (χ4n) is 2.52. The molecule has 0 bridgehead atoms. The lowest BCUT2D eigenvalue weighted by Crippen LogP contribution is -2.40. The number of aromatic amines is 1. The summed E-state index contributed by atoms with van der Waals surface area (Å²) in [6, 6.07) is 14.5. The van der Waals surface area contributed by atoms with Crippen LogP contribution in [0, 0.1) is 0 Å². The van der Waals surface area contributed by atoms with E-state index in [1.807, 2.05) is 30.3 Å². The number of hydrogen-bond donors (Lipinski definition) is 3. The summed E-state index contributed by atoms with van der Waals surface area (Å²) in [4.78, 5) is 26.0. The van der Waals surface area contributed by atoms with E-state index in [9.17, 15) is 14.7 Å². The SMILES string of the molecule is O=C(Nc1ccc2cn[nH]c2c1)C(=O)N(CCO)Cc1ccccc1. The maximum absolute atomic E-state index is 12.4. The summed E-state index contributed by atoms with van der Waals surface area (Å²) >= 11 is 0. The molecule has 7 heteroatoms. The van der Waals surface area contributed by atoms with E-state index >= 15 is 0 Å². The van der Waals surface area contributed by atoms with Crippen molar-refractivity contribution in [2.45, 2.75) is 6.54 Å². The van der Waals surface area contributed by atoms with Crippen molar-refractivity contribution in [3.05, 3.63) is 60.3 Å².